The SMILES string of the molecule is CNS(=O)(=O)c1cc(C(=O)OC)ccc1Cl. The lowest BCUT2D eigenvalue weighted by Gasteiger charge is -2.06. The fourth-order valence-corrected chi connectivity index (χ4v) is 2.31. The smallest absolute Gasteiger partial charge is 0.337 e. The van der Waals surface area contributed by atoms with Crippen LogP contribution in [0.4, 0.5) is 0 Å². The van der Waals surface area contributed by atoms with E-state index in [1.54, 1.807) is 0 Å². The Morgan fingerprint density at radius 1 is 1.44 bits per heavy atom. The maximum Gasteiger partial charge on any atom is 0.337 e. The summed E-state index contributed by atoms with van der Waals surface area (Å²) in [5.74, 6) is -0.621. The molecule has 0 bridgehead atoms. The number of hydrogen-bond donors (Lipinski definition) is 1. The van der Waals surface area contributed by atoms with Crippen molar-refractivity contribution in [2.45, 2.75) is 4.90 Å². The number of ether oxygens (including phenoxy) is 1. The van der Waals surface area contributed by atoms with E-state index in [0.29, 0.717) is 0 Å². The summed E-state index contributed by atoms with van der Waals surface area (Å²) < 4.78 is 29.7. The highest BCUT2D eigenvalue weighted by molar-refractivity contribution is 7.89. The van der Waals surface area contributed by atoms with Crippen molar-refractivity contribution in [1.29, 1.82) is 0 Å². The van der Waals surface area contributed by atoms with Crippen LogP contribution in [0.15, 0.2) is 23.1 Å². The van der Waals surface area contributed by atoms with Crippen LogP contribution in [0.5, 0.6) is 0 Å². The molecule has 0 spiro atoms. The zero-order valence-corrected chi connectivity index (χ0v) is 10.2. The van der Waals surface area contributed by atoms with E-state index in [1.807, 2.05) is 0 Å². The molecule has 88 valence electrons. The molecule has 0 atom stereocenters. The molecule has 0 saturated carbocycles. The van der Waals surface area contributed by atoms with Crippen LogP contribution in [0.1, 0.15) is 10.4 Å². The Labute approximate surface area is 98.4 Å². The molecule has 0 aromatic heterocycles. The van der Waals surface area contributed by atoms with Gasteiger partial charge in [-0.2, -0.15) is 0 Å². The Kier molecular flexibility index (Phi) is 3.90. The molecule has 0 aliphatic heterocycles. The van der Waals surface area contributed by atoms with Crippen molar-refractivity contribution in [1.82, 2.24) is 4.72 Å². The molecule has 0 unspecified atom stereocenters. The van der Waals surface area contributed by atoms with Crippen LogP contribution in [0.3, 0.4) is 0 Å². The van der Waals surface area contributed by atoms with Gasteiger partial charge in [0.25, 0.3) is 0 Å². The van der Waals surface area contributed by atoms with E-state index in [9.17, 15) is 13.2 Å². The predicted octanol–water partition coefficient (Wildman–Crippen LogP) is 1.03. The van der Waals surface area contributed by atoms with Gasteiger partial charge in [0.1, 0.15) is 4.90 Å². The quantitative estimate of drug-likeness (QED) is 0.827. The first kappa shape index (κ1) is 13.0. The van der Waals surface area contributed by atoms with Crippen molar-refractivity contribution in [3.05, 3.63) is 28.8 Å². The van der Waals surface area contributed by atoms with Gasteiger partial charge in [0.15, 0.2) is 0 Å². The summed E-state index contributed by atoms with van der Waals surface area (Å²) in [6, 6.07) is 3.89. The molecule has 1 N–H and O–H groups in total. The maximum absolute atomic E-state index is 11.5. The second kappa shape index (κ2) is 4.82. The Morgan fingerprint density at radius 3 is 2.56 bits per heavy atom. The number of nitrogens with one attached hydrogen (secondary N) is 1. The molecule has 1 aromatic carbocycles. The fraction of sp³-hybridized carbons (Fsp3) is 0.222. The van der Waals surface area contributed by atoms with Crippen molar-refractivity contribution in [2.24, 2.45) is 0 Å². The second-order valence-electron chi connectivity index (χ2n) is 2.84. The third kappa shape index (κ3) is 2.52. The molecule has 0 aliphatic carbocycles. The average molecular weight is 264 g/mol. The highest BCUT2D eigenvalue weighted by atomic mass is 35.5. The fourth-order valence-electron chi connectivity index (χ4n) is 1.06. The van der Waals surface area contributed by atoms with Gasteiger partial charge in [-0.3, -0.25) is 0 Å². The Morgan fingerprint density at radius 2 is 2.06 bits per heavy atom. The number of rotatable bonds is 3. The number of hydrogen-bond acceptors (Lipinski definition) is 4. The van der Waals surface area contributed by atoms with Gasteiger partial charge < -0.3 is 4.74 Å². The third-order valence-corrected chi connectivity index (χ3v) is 3.81. The molecule has 0 heterocycles. The van der Waals surface area contributed by atoms with Gasteiger partial charge >= 0.3 is 5.97 Å². The first-order valence-corrected chi connectivity index (χ1v) is 6.10. The molecule has 0 fully saturated rings. The number of carbonyl (C=O) groups is 1. The molecule has 0 radical (unpaired) electrons. The van der Waals surface area contributed by atoms with E-state index in [2.05, 4.69) is 9.46 Å². The minimum atomic E-state index is -3.68. The van der Waals surface area contributed by atoms with Crippen molar-refractivity contribution < 1.29 is 17.9 Å². The van der Waals surface area contributed by atoms with E-state index in [-0.39, 0.29) is 15.5 Å². The van der Waals surface area contributed by atoms with Crippen LogP contribution < -0.4 is 4.72 Å². The molecular formula is C9H10ClNO4S. The summed E-state index contributed by atoms with van der Waals surface area (Å²) >= 11 is 5.74. The first-order chi connectivity index (χ1) is 7.42. The Bertz CT molecular complexity index is 512. The minimum Gasteiger partial charge on any atom is -0.465 e. The molecule has 16 heavy (non-hydrogen) atoms. The first-order valence-electron chi connectivity index (χ1n) is 4.24. The number of carbonyl (C=O) groups excluding carboxylic acids is 1. The predicted molar refractivity (Wildman–Crippen MR) is 59.0 cm³/mol. The highest BCUT2D eigenvalue weighted by Gasteiger charge is 2.18. The Balaban J connectivity index is 3.36. The molecule has 1 rings (SSSR count). The standard InChI is InChI=1S/C9H10ClNO4S/c1-11-16(13,14)8-5-6(9(12)15-2)3-4-7(8)10/h3-5,11H,1-2H3. The van der Waals surface area contributed by atoms with Crippen molar-refractivity contribution >= 4 is 27.6 Å². The van der Waals surface area contributed by atoms with E-state index < -0.39 is 16.0 Å². The lowest BCUT2D eigenvalue weighted by molar-refractivity contribution is 0.0600. The zero-order chi connectivity index (χ0) is 12.3. The number of benzene rings is 1. The molecule has 7 heteroatoms. The van der Waals surface area contributed by atoms with Crippen LogP contribution >= 0.6 is 11.6 Å². The summed E-state index contributed by atoms with van der Waals surface area (Å²) in [6.07, 6.45) is 0. The van der Waals surface area contributed by atoms with E-state index in [0.717, 1.165) is 0 Å². The molecule has 0 aliphatic rings. The van der Waals surface area contributed by atoms with Gasteiger partial charge in [-0.25, -0.2) is 17.9 Å². The zero-order valence-electron chi connectivity index (χ0n) is 8.65. The summed E-state index contributed by atoms with van der Waals surface area (Å²) in [5.41, 5.74) is 0.126. The Hall–Kier alpha value is -1.11. The van der Waals surface area contributed by atoms with Gasteiger partial charge in [0.2, 0.25) is 10.0 Å². The van der Waals surface area contributed by atoms with Gasteiger partial charge in [0.05, 0.1) is 17.7 Å². The van der Waals surface area contributed by atoms with Crippen molar-refractivity contribution in [2.75, 3.05) is 14.2 Å². The number of methoxy groups -OCH3 is 1. The van der Waals surface area contributed by atoms with Crippen LogP contribution in [-0.4, -0.2) is 28.5 Å². The second-order valence-corrected chi connectivity index (χ2v) is 5.11. The van der Waals surface area contributed by atoms with E-state index in [1.165, 1.54) is 32.4 Å². The molecule has 0 amide bonds. The summed E-state index contributed by atoms with van der Waals surface area (Å²) in [4.78, 5) is 11.1. The molecular weight excluding hydrogens is 254 g/mol. The average Bonchev–Trinajstić information content (AvgIpc) is 2.28. The van der Waals surface area contributed by atoms with Gasteiger partial charge in [-0.05, 0) is 25.2 Å². The van der Waals surface area contributed by atoms with Crippen molar-refractivity contribution in [3.8, 4) is 0 Å². The lowest BCUT2D eigenvalue weighted by Crippen LogP contribution is -2.19. The van der Waals surface area contributed by atoms with Crippen LogP contribution in [0.2, 0.25) is 5.02 Å². The molecule has 5 nitrogen and oxygen atoms in total. The normalized spacial score (nSPS) is 11.2. The largest absolute Gasteiger partial charge is 0.465 e. The highest BCUT2D eigenvalue weighted by Crippen LogP contribution is 2.22. The lowest BCUT2D eigenvalue weighted by atomic mass is 10.2. The van der Waals surface area contributed by atoms with Gasteiger partial charge in [-0.1, -0.05) is 11.6 Å². The molecule has 0 saturated heterocycles. The number of halogens is 1. The third-order valence-electron chi connectivity index (χ3n) is 1.91. The summed E-state index contributed by atoms with van der Waals surface area (Å²) in [6.45, 7) is 0. The van der Waals surface area contributed by atoms with Crippen LogP contribution in [-0.2, 0) is 14.8 Å². The van der Waals surface area contributed by atoms with Gasteiger partial charge in [-0.15, -0.1) is 0 Å². The van der Waals surface area contributed by atoms with Crippen LogP contribution in [0.25, 0.3) is 0 Å². The summed E-state index contributed by atoms with van der Waals surface area (Å²) in [7, 11) is -1.21. The summed E-state index contributed by atoms with van der Waals surface area (Å²) in [5, 5.41) is 0.0435. The van der Waals surface area contributed by atoms with E-state index >= 15 is 0 Å². The molecule has 1 aromatic rings. The van der Waals surface area contributed by atoms with E-state index in [4.69, 9.17) is 11.6 Å². The minimum absolute atomic E-state index is 0.0435. The van der Waals surface area contributed by atoms with Crippen molar-refractivity contribution in [3.63, 3.8) is 0 Å². The topological polar surface area (TPSA) is 72.5 Å². The monoisotopic (exact) mass is 263 g/mol. The van der Waals surface area contributed by atoms with Gasteiger partial charge in [0, 0.05) is 0 Å². The van der Waals surface area contributed by atoms with Crippen LogP contribution in [0, 0.1) is 0 Å². The maximum atomic E-state index is 11.5. The number of sulfonamides is 1. The number of esters is 1.